The maximum absolute atomic E-state index is 3.44. The molecule has 0 bridgehead atoms. The third kappa shape index (κ3) is 7.38. The number of hydrogen-bond acceptors (Lipinski definition) is 0. The van der Waals surface area contributed by atoms with Crippen molar-refractivity contribution >= 4 is 22.9 Å². The van der Waals surface area contributed by atoms with Crippen molar-refractivity contribution in [2.24, 2.45) is 5.41 Å². The molecule has 0 aliphatic heterocycles. The number of allylic oxidation sites excluding steroid dienone is 4. The molecular formula is C28H30Cl2Zr. The molecule has 0 nitrogen and oxygen atoms in total. The van der Waals surface area contributed by atoms with Crippen LogP contribution in [0.2, 0.25) is 0 Å². The number of fused-ring (bicyclic) bond motifs is 1. The van der Waals surface area contributed by atoms with Gasteiger partial charge < -0.3 is 24.8 Å². The van der Waals surface area contributed by atoms with Crippen molar-refractivity contribution in [1.82, 2.24) is 0 Å². The monoisotopic (exact) mass is 526 g/mol. The van der Waals surface area contributed by atoms with Crippen LogP contribution in [-0.2, 0) is 26.2 Å². The van der Waals surface area contributed by atoms with Gasteiger partial charge in [0.15, 0.2) is 0 Å². The van der Waals surface area contributed by atoms with E-state index in [2.05, 4.69) is 114 Å². The first kappa shape index (κ1) is 29.7. The molecule has 0 heterocycles. The van der Waals surface area contributed by atoms with E-state index < -0.39 is 0 Å². The van der Waals surface area contributed by atoms with E-state index in [0.717, 1.165) is 0 Å². The van der Waals surface area contributed by atoms with Crippen molar-refractivity contribution in [2.45, 2.75) is 41.5 Å². The van der Waals surface area contributed by atoms with Crippen molar-refractivity contribution < 1.29 is 51.0 Å². The van der Waals surface area contributed by atoms with E-state index in [-0.39, 0.29) is 56.4 Å². The quantitative estimate of drug-likeness (QED) is 0.353. The summed E-state index contributed by atoms with van der Waals surface area (Å²) in [7, 11) is 0. The molecule has 0 amide bonds. The van der Waals surface area contributed by atoms with Crippen molar-refractivity contribution in [3.63, 3.8) is 0 Å². The Hall–Kier alpha value is -1.27. The number of benzene rings is 2. The fourth-order valence-corrected chi connectivity index (χ4v) is 3.71. The van der Waals surface area contributed by atoms with Gasteiger partial charge in [-0.15, -0.1) is 41.5 Å². The van der Waals surface area contributed by atoms with Crippen LogP contribution in [0.5, 0.6) is 0 Å². The summed E-state index contributed by atoms with van der Waals surface area (Å²) in [5.74, 6) is 0. The molecule has 0 fully saturated rings. The molecule has 0 saturated carbocycles. The Morgan fingerprint density at radius 3 is 2.00 bits per heavy atom. The molecule has 3 aromatic carbocycles. The second-order valence-corrected chi connectivity index (χ2v) is 8.25. The Kier molecular flexibility index (Phi) is 12.2. The summed E-state index contributed by atoms with van der Waals surface area (Å²) in [4.78, 5) is 0. The molecule has 4 rings (SSSR count). The number of aryl methyl sites for hydroxylation is 1. The average Bonchev–Trinajstić information content (AvgIpc) is 3.13. The van der Waals surface area contributed by atoms with Gasteiger partial charge in [0.1, 0.15) is 0 Å². The van der Waals surface area contributed by atoms with Gasteiger partial charge in [0.25, 0.3) is 0 Å². The van der Waals surface area contributed by atoms with Crippen LogP contribution < -0.4 is 24.8 Å². The minimum Gasteiger partial charge on any atom is -1.00 e. The summed E-state index contributed by atoms with van der Waals surface area (Å²) in [6.07, 6.45) is 7.79. The van der Waals surface area contributed by atoms with Crippen LogP contribution in [0.4, 0.5) is 0 Å². The zero-order valence-corrected chi connectivity index (χ0v) is 23.2. The number of rotatable bonds is 2. The Balaban J connectivity index is 0.000000604. The molecular weight excluding hydrogens is 498 g/mol. The van der Waals surface area contributed by atoms with E-state index in [4.69, 9.17) is 0 Å². The molecule has 0 radical (unpaired) electrons. The molecule has 1 aliphatic carbocycles. The zero-order chi connectivity index (χ0) is 20.3. The Morgan fingerprint density at radius 1 is 0.839 bits per heavy atom. The third-order valence-electron chi connectivity index (χ3n) is 5.75. The molecule has 0 aromatic heterocycles. The smallest absolute Gasteiger partial charge is 1.00 e. The van der Waals surface area contributed by atoms with Crippen LogP contribution >= 0.6 is 0 Å². The van der Waals surface area contributed by atoms with Gasteiger partial charge in [0.2, 0.25) is 0 Å². The molecule has 0 N–H and O–H groups in total. The maximum Gasteiger partial charge on any atom is 4.00 e. The Morgan fingerprint density at radius 2 is 1.48 bits per heavy atom. The summed E-state index contributed by atoms with van der Waals surface area (Å²) in [6.45, 7) is 13.1. The number of halogens is 2. The zero-order valence-electron chi connectivity index (χ0n) is 19.2. The summed E-state index contributed by atoms with van der Waals surface area (Å²) >= 11 is 0. The van der Waals surface area contributed by atoms with Gasteiger partial charge in [-0.05, 0) is 5.56 Å². The SMILES string of the molecule is CC1=[C-]C(C)(C)C(C)=C1C.Cc1cc2c(C=Cc3ccccc3)cccc2[cH-]1.[Cl-].[Cl-].[Zr+4]. The first-order valence-electron chi connectivity index (χ1n) is 9.97. The van der Waals surface area contributed by atoms with Crippen molar-refractivity contribution in [3.8, 4) is 0 Å². The molecule has 0 spiro atoms. The Bertz CT molecular complexity index is 1070. The van der Waals surface area contributed by atoms with Crippen molar-refractivity contribution in [2.75, 3.05) is 0 Å². The van der Waals surface area contributed by atoms with Gasteiger partial charge >= 0.3 is 26.2 Å². The van der Waals surface area contributed by atoms with Crippen LogP contribution in [0.1, 0.15) is 51.3 Å². The minimum atomic E-state index is 0. The molecule has 1 aliphatic rings. The second kappa shape index (κ2) is 12.7. The average molecular weight is 529 g/mol. The van der Waals surface area contributed by atoms with E-state index in [1.165, 1.54) is 44.2 Å². The van der Waals surface area contributed by atoms with E-state index in [9.17, 15) is 0 Å². The predicted molar refractivity (Wildman–Crippen MR) is 124 cm³/mol. The Labute approximate surface area is 219 Å². The fraction of sp³-hybridized carbons (Fsp3) is 0.250. The van der Waals surface area contributed by atoms with Crippen LogP contribution in [0.25, 0.3) is 22.9 Å². The van der Waals surface area contributed by atoms with Crippen LogP contribution in [0, 0.1) is 18.4 Å². The van der Waals surface area contributed by atoms with Gasteiger partial charge in [0, 0.05) is 0 Å². The molecule has 0 saturated heterocycles. The van der Waals surface area contributed by atoms with Gasteiger partial charge in [0.05, 0.1) is 0 Å². The summed E-state index contributed by atoms with van der Waals surface area (Å²) in [5, 5.41) is 2.66. The van der Waals surface area contributed by atoms with Crippen LogP contribution in [-0.4, -0.2) is 0 Å². The van der Waals surface area contributed by atoms with Gasteiger partial charge in [-0.25, -0.2) is 5.57 Å². The van der Waals surface area contributed by atoms with Gasteiger partial charge in [-0.3, -0.25) is 6.08 Å². The number of hydrogen-bond donors (Lipinski definition) is 0. The first-order valence-corrected chi connectivity index (χ1v) is 9.97. The van der Waals surface area contributed by atoms with Gasteiger partial charge in [-0.2, -0.15) is 17.2 Å². The topological polar surface area (TPSA) is 0 Å². The molecule has 3 aromatic rings. The second-order valence-electron chi connectivity index (χ2n) is 8.25. The standard InChI is InChI=1S/C18H15.C10H15.2ClH.Zr/c1-14-12-17-9-5-8-16(18(17)13-14)11-10-15-6-3-2-4-7-15;1-7-6-10(4,5)9(3)8(7)2;;;/h2-13H,1H3;1-5H3;2*1H;/q2*-1;;;+4/p-2. The minimum absolute atomic E-state index is 0. The van der Waals surface area contributed by atoms with Crippen molar-refractivity contribution in [3.05, 3.63) is 100 Å². The van der Waals surface area contributed by atoms with Gasteiger partial charge in [-0.1, -0.05) is 94.1 Å². The summed E-state index contributed by atoms with van der Waals surface area (Å²) in [6, 6.07) is 21.3. The maximum atomic E-state index is 3.44. The molecule has 0 atom stereocenters. The van der Waals surface area contributed by atoms with Crippen LogP contribution in [0.15, 0.2) is 77.4 Å². The third-order valence-corrected chi connectivity index (χ3v) is 5.75. The normalized spacial score (nSPS) is 14.2. The summed E-state index contributed by atoms with van der Waals surface area (Å²) in [5.41, 5.74) is 8.24. The molecule has 0 unspecified atom stereocenters. The largest absolute Gasteiger partial charge is 4.00 e. The van der Waals surface area contributed by atoms with E-state index >= 15 is 0 Å². The van der Waals surface area contributed by atoms with Crippen LogP contribution in [0.3, 0.4) is 0 Å². The molecule has 31 heavy (non-hydrogen) atoms. The predicted octanol–water partition coefficient (Wildman–Crippen LogP) is 2.16. The summed E-state index contributed by atoms with van der Waals surface area (Å²) < 4.78 is 0. The van der Waals surface area contributed by atoms with E-state index in [1.54, 1.807) is 0 Å². The van der Waals surface area contributed by atoms with E-state index in [0.29, 0.717) is 0 Å². The van der Waals surface area contributed by atoms with Crippen molar-refractivity contribution in [1.29, 1.82) is 0 Å². The van der Waals surface area contributed by atoms with E-state index in [1.807, 2.05) is 6.07 Å². The fourth-order valence-electron chi connectivity index (χ4n) is 3.71. The molecule has 3 heteroatoms. The first-order chi connectivity index (χ1) is 13.3. The molecule has 160 valence electrons.